The summed E-state index contributed by atoms with van der Waals surface area (Å²) >= 11 is 29.6. The van der Waals surface area contributed by atoms with Gasteiger partial charge in [-0.3, -0.25) is 0 Å². The topological polar surface area (TPSA) is 0 Å². The summed E-state index contributed by atoms with van der Waals surface area (Å²) in [5.74, 6) is 0. The van der Waals surface area contributed by atoms with Crippen molar-refractivity contribution in [3.05, 3.63) is 0 Å². The van der Waals surface area contributed by atoms with E-state index in [0.29, 0.717) is 0 Å². The molecule has 1 atom stereocenters. The third kappa shape index (κ3) is 4.55. The fraction of sp³-hybridized carbons (Fsp3) is 1.00. The van der Waals surface area contributed by atoms with Crippen LogP contribution in [0.1, 0.15) is 0 Å². The van der Waals surface area contributed by atoms with E-state index >= 15 is 0 Å². The fourth-order valence-corrected chi connectivity index (χ4v) is 32.1. The van der Waals surface area contributed by atoms with Crippen LogP contribution in [0.5, 0.6) is 0 Å². The van der Waals surface area contributed by atoms with Gasteiger partial charge in [-0.05, 0) is 0 Å². The molecule has 0 N–H and O–H groups in total. The van der Waals surface area contributed by atoms with E-state index in [4.69, 9.17) is 55.4 Å². The van der Waals surface area contributed by atoms with Crippen LogP contribution in [0, 0.1) is 0 Å². The minimum Gasteiger partial charge on any atom is -0.147 e. The molecule has 73 valence electrons. The average Bonchev–Trinajstić information content (AvgIpc) is 1.49. The highest BCUT2D eigenvalue weighted by Gasteiger charge is 2.49. The van der Waals surface area contributed by atoms with Gasteiger partial charge in [0.25, 0.3) is 7.42 Å². The van der Waals surface area contributed by atoms with Crippen molar-refractivity contribution in [2.45, 2.75) is 24.4 Å². The Hall–Kier alpha value is 2.10. The molecule has 0 saturated carbocycles. The molecule has 0 fully saturated rings. The van der Waals surface area contributed by atoms with E-state index in [1.807, 2.05) is 0 Å². The molecule has 0 aromatic rings. The van der Waals surface area contributed by atoms with Gasteiger partial charge in [0.2, 0.25) is 0 Å². The maximum atomic E-state index is 5.94. The first-order chi connectivity index (χ1) is 5.07. The Labute approximate surface area is 101 Å². The zero-order chi connectivity index (χ0) is 10.2. The molecule has 0 aliphatic rings. The number of halogens is 5. The van der Waals surface area contributed by atoms with Crippen LogP contribution in [0.25, 0.3) is 0 Å². The van der Waals surface area contributed by atoms with E-state index in [-0.39, 0.29) is 4.79 Å². The van der Waals surface area contributed by atoms with E-state index < -0.39 is 21.5 Å². The molecule has 0 aromatic carbocycles. The fourth-order valence-electron chi connectivity index (χ4n) is 0.942. The third-order valence-corrected chi connectivity index (χ3v) is 22.5. The molecule has 0 aliphatic carbocycles. The van der Waals surface area contributed by atoms with E-state index in [0.717, 1.165) is 0 Å². The Morgan fingerprint density at radius 1 is 1.00 bits per heavy atom. The van der Waals surface area contributed by atoms with Crippen molar-refractivity contribution in [1.29, 1.82) is 0 Å². The molecule has 8 heteroatoms. The van der Waals surface area contributed by atoms with Crippen LogP contribution in [-0.2, 0) is 0 Å². The lowest BCUT2D eigenvalue weighted by atomic mass is 11.7. The van der Waals surface area contributed by atoms with Gasteiger partial charge in [0.05, 0.1) is 0 Å². The van der Waals surface area contributed by atoms with Crippen LogP contribution in [0.15, 0.2) is 0 Å². The SMILES string of the molecule is C[Si](C)(C)C([Si](Cl)Cl)[Si](Cl)(Cl)Cl. The Bertz CT molecular complexity index is 134. The van der Waals surface area contributed by atoms with Crippen LogP contribution < -0.4 is 0 Å². The summed E-state index contributed by atoms with van der Waals surface area (Å²) in [5, 5.41) is 0. The van der Waals surface area contributed by atoms with Crippen LogP contribution in [0.4, 0.5) is 0 Å². The van der Waals surface area contributed by atoms with Gasteiger partial charge in [-0.2, -0.15) is 0 Å². The summed E-state index contributed by atoms with van der Waals surface area (Å²) in [6.07, 6.45) is 0. The van der Waals surface area contributed by atoms with Crippen molar-refractivity contribution in [2.24, 2.45) is 0 Å². The van der Waals surface area contributed by atoms with Crippen molar-refractivity contribution >= 4 is 76.9 Å². The molecule has 0 rings (SSSR count). The van der Waals surface area contributed by atoms with E-state index in [1.165, 1.54) is 0 Å². The van der Waals surface area contributed by atoms with Crippen molar-refractivity contribution < 1.29 is 0 Å². The normalized spacial score (nSPS) is 16.8. The Kier molecular flexibility index (Phi) is 5.58. The van der Waals surface area contributed by atoms with E-state index in [1.54, 1.807) is 0 Å². The molecule has 0 aliphatic heterocycles. The van der Waals surface area contributed by atoms with Crippen molar-refractivity contribution in [3.8, 4) is 0 Å². The zero-order valence-corrected chi connectivity index (χ0v) is 13.7. The first kappa shape index (κ1) is 14.1. The summed E-state index contributed by atoms with van der Waals surface area (Å²) in [6.45, 7) is 6.38. The predicted molar refractivity (Wildman–Crippen MR) is 67.9 cm³/mol. The summed E-state index contributed by atoms with van der Waals surface area (Å²) in [4.78, 5) is -0.0108. The smallest absolute Gasteiger partial charge is 0.147 e. The maximum absolute atomic E-state index is 5.94. The minimum atomic E-state index is -2.73. The second-order valence-corrected chi connectivity index (χ2v) is 23.6. The van der Waals surface area contributed by atoms with Gasteiger partial charge in [0.1, 0.15) is 0 Å². The van der Waals surface area contributed by atoms with Gasteiger partial charge in [-0.25, -0.2) is 0 Å². The predicted octanol–water partition coefficient (Wildman–Crippen LogP) is 4.39. The number of hydrogen-bond acceptors (Lipinski definition) is 0. The van der Waals surface area contributed by atoms with Crippen molar-refractivity contribution in [3.63, 3.8) is 0 Å². The Balaban J connectivity index is 4.70. The third-order valence-electron chi connectivity index (χ3n) is 1.41. The summed E-state index contributed by atoms with van der Waals surface area (Å²) in [6, 6.07) is -2.73. The molecule has 0 amide bonds. The van der Waals surface area contributed by atoms with E-state index in [2.05, 4.69) is 19.6 Å². The van der Waals surface area contributed by atoms with Crippen LogP contribution in [-0.4, -0.2) is 21.5 Å². The first-order valence-corrected chi connectivity index (χ1v) is 15.6. The van der Waals surface area contributed by atoms with Crippen molar-refractivity contribution in [2.75, 3.05) is 0 Å². The second-order valence-electron chi connectivity index (χ2n) is 3.63. The quantitative estimate of drug-likeness (QED) is 0.534. The van der Waals surface area contributed by atoms with Gasteiger partial charge >= 0.3 is 6.00 Å². The summed E-state index contributed by atoms with van der Waals surface area (Å²) < 4.78 is 0. The van der Waals surface area contributed by atoms with Crippen LogP contribution in [0.3, 0.4) is 0 Å². The highest BCUT2D eigenvalue weighted by Crippen LogP contribution is 2.44. The first-order valence-electron chi connectivity index (χ1n) is 3.31. The molecule has 1 unspecified atom stereocenters. The van der Waals surface area contributed by atoms with Crippen molar-refractivity contribution in [1.82, 2.24) is 0 Å². The van der Waals surface area contributed by atoms with Crippen LogP contribution in [0.2, 0.25) is 24.4 Å². The molecular weight excluding hydrogens is 310 g/mol. The molecular formula is C4H10Cl5Si3. The molecule has 1 radical (unpaired) electrons. The van der Waals surface area contributed by atoms with Gasteiger partial charge in [0.15, 0.2) is 0 Å². The van der Waals surface area contributed by atoms with Gasteiger partial charge in [-0.1, -0.05) is 19.6 Å². The molecule has 0 saturated heterocycles. The summed E-state index contributed by atoms with van der Waals surface area (Å²) in [7, 11) is -3.05. The molecule has 12 heavy (non-hydrogen) atoms. The number of rotatable bonds is 3. The van der Waals surface area contributed by atoms with Crippen LogP contribution >= 0.6 is 55.4 Å². The molecule has 0 nitrogen and oxygen atoms in total. The standard InChI is InChI=1S/C4H10Cl5Si3/c1-11(2,3)4(10(5)6)12(7,8)9/h4H,1-3H3. The molecule has 0 spiro atoms. The zero-order valence-electron chi connectivity index (χ0n) is 6.97. The highest BCUT2D eigenvalue weighted by atomic mass is 35.8. The van der Waals surface area contributed by atoms with Gasteiger partial charge < -0.3 is 0 Å². The lowest BCUT2D eigenvalue weighted by Crippen LogP contribution is -2.45. The van der Waals surface area contributed by atoms with Gasteiger partial charge in [-0.15, -0.1) is 55.4 Å². The number of hydrogen-bond donors (Lipinski definition) is 0. The van der Waals surface area contributed by atoms with Gasteiger partial charge in [0, 0.05) is 12.9 Å². The van der Waals surface area contributed by atoms with E-state index in [9.17, 15) is 0 Å². The highest BCUT2D eigenvalue weighted by molar-refractivity contribution is 7.70. The lowest BCUT2D eigenvalue weighted by molar-refractivity contribution is 1.53. The summed E-state index contributed by atoms with van der Waals surface area (Å²) in [5.41, 5.74) is 0. The molecule has 0 heterocycles. The monoisotopic (exact) mass is 317 g/mol. The molecule has 0 bridgehead atoms. The minimum absolute atomic E-state index is 0.0108. The Morgan fingerprint density at radius 3 is 1.33 bits per heavy atom. The second kappa shape index (κ2) is 4.75. The largest absolute Gasteiger partial charge is 0.341 e. The lowest BCUT2D eigenvalue weighted by Gasteiger charge is -2.32. The average molecular weight is 320 g/mol. The molecule has 0 aromatic heterocycles. The maximum Gasteiger partial charge on any atom is 0.341 e. The Morgan fingerprint density at radius 2 is 1.33 bits per heavy atom.